The fraction of sp³-hybridized carbons (Fsp3) is 0.250. The van der Waals surface area contributed by atoms with Crippen LogP contribution in [-0.4, -0.2) is 4.98 Å². The first-order valence-corrected chi connectivity index (χ1v) is 2.81. The van der Waals surface area contributed by atoms with E-state index in [4.69, 9.17) is 0 Å². The molecule has 0 N–H and O–H groups in total. The molecule has 1 nitrogen and oxygen atoms in total. The molecule has 1 rings (SSSR count). The largest absolute Gasteiger partial charge is 2.00 e. The molecule has 0 aliphatic heterocycles. The maximum atomic E-state index is 11.6. The molecular formula is C4HBrF3NSZn. The van der Waals surface area contributed by atoms with Gasteiger partial charge in [0.1, 0.15) is 0 Å². The van der Waals surface area contributed by atoms with Crippen molar-refractivity contribution < 1.29 is 49.6 Å². The van der Waals surface area contributed by atoms with Crippen LogP contribution in [0.1, 0.15) is 4.88 Å². The Morgan fingerprint density at radius 3 is 2.18 bits per heavy atom. The zero-order valence-corrected chi connectivity index (χ0v) is 10.5. The summed E-state index contributed by atoms with van der Waals surface area (Å²) >= 11 is 0.469. The summed E-state index contributed by atoms with van der Waals surface area (Å²) in [5, 5.41) is 0. The minimum absolute atomic E-state index is 0. The van der Waals surface area contributed by atoms with Crippen molar-refractivity contribution in [1.29, 1.82) is 0 Å². The van der Waals surface area contributed by atoms with Gasteiger partial charge in [-0.1, -0.05) is 0 Å². The molecule has 0 aromatic carbocycles. The quantitative estimate of drug-likeness (QED) is 0.441. The van der Waals surface area contributed by atoms with Crippen LogP contribution in [0.15, 0.2) is 6.20 Å². The second-order valence-electron chi connectivity index (χ2n) is 1.31. The summed E-state index contributed by atoms with van der Waals surface area (Å²) in [7, 11) is 0. The molecule has 0 saturated carbocycles. The molecule has 7 heteroatoms. The van der Waals surface area contributed by atoms with Crippen molar-refractivity contribution >= 4 is 11.3 Å². The van der Waals surface area contributed by atoms with Crippen LogP contribution >= 0.6 is 11.3 Å². The monoisotopic (exact) mass is 295 g/mol. The van der Waals surface area contributed by atoms with Gasteiger partial charge in [0.2, 0.25) is 0 Å². The van der Waals surface area contributed by atoms with Crippen LogP contribution in [0.25, 0.3) is 0 Å². The molecular weight excluding hydrogens is 296 g/mol. The molecule has 1 heterocycles. The summed E-state index contributed by atoms with van der Waals surface area (Å²) in [5.41, 5.74) is 2.11. The number of alkyl halides is 3. The van der Waals surface area contributed by atoms with Gasteiger partial charge in [-0.05, 0) is 10.4 Å². The van der Waals surface area contributed by atoms with Gasteiger partial charge < -0.3 is 22.0 Å². The summed E-state index contributed by atoms with van der Waals surface area (Å²) in [6, 6.07) is 0. The number of nitrogens with zero attached hydrogens (tertiary/aromatic N) is 1. The first kappa shape index (κ1) is 14.1. The van der Waals surface area contributed by atoms with E-state index in [9.17, 15) is 13.2 Å². The van der Waals surface area contributed by atoms with Gasteiger partial charge in [-0.25, -0.2) is 0 Å². The number of aromatic nitrogens is 1. The van der Waals surface area contributed by atoms with Crippen LogP contribution in [0, 0.1) is 5.51 Å². The van der Waals surface area contributed by atoms with E-state index in [1.54, 1.807) is 0 Å². The molecule has 0 radical (unpaired) electrons. The van der Waals surface area contributed by atoms with Crippen LogP contribution in [0.5, 0.6) is 0 Å². The Balaban J connectivity index is 0. The van der Waals surface area contributed by atoms with Gasteiger partial charge in [-0.15, -0.1) is 6.20 Å². The molecule has 0 amide bonds. The predicted octanol–water partition coefficient (Wildman–Crippen LogP) is -1.04. The summed E-state index contributed by atoms with van der Waals surface area (Å²) in [4.78, 5) is 2.46. The van der Waals surface area contributed by atoms with Crippen molar-refractivity contribution in [2.45, 2.75) is 6.18 Å². The Morgan fingerprint density at radius 1 is 1.45 bits per heavy atom. The van der Waals surface area contributed by atoms with E-state index in [2.05, 4.69) is 10.5 Å². The summed E-state index contributed by atoms with van der Waals surface area (Å²) < 4.78 is 34.7. The second-order valence-corrected chi connectivity index (χ2v) is 2.14. The molecule has 0 aliphatic rings. The number of hydrogen-bond acceptors (Lipinski definition) is 2. The minimum atomic E-state index is -4.25. The van der Waals surface area contributed by atoms with E-state index < -0.39 is 11.1 Å². The van der Waals surface area contributed by atoms with E-state index in [1.807, 2.05) is 0 Å². The average molecular weight is 297 g/mol. The summed E-state index contributed by atoms with van der Waals surface area (Å²) in [5.74, 6) is 0. The van der Waals surface area contributed by atoms with Gasteiger partial charge in [0.05, 0.1) is 0 Å². The topological polar surface area (TPSA) is 12.9 Å². The number of halogens is 4. The van der Waals surface area contributed by atoms with Gasteiger partial charge in [0.25, 0.3) is 0 Å². The van der Waals surface area contributed by atoms with E-state index in [0.29, 0.717) is 11.3 Å². The van der Waals surface area contributed by atoms with Crippen LogP contribution in [0.3, 0.4) is 0 Å². The fourth-order valence-corrected chi connectivity index (χ4v) is 0.743. The molecule has 1 aromatic heterocycles. The minimum Gasteiger partial charge on any atom is -1.00 e. The molecule has 0 atom stereocenters. The molecule has 0 unspecified atom stereocenters. The van der Waals surface area contributed by atoms with E-state index in [0.717, 1.165) is 6.20 Å². The Morgan fingerprint density at radius 2 is 2.00 bits per heavy atom. The van der Waals surface area contributed by atoms with Crippen molar-refractivity contribution in [1.82, 2.24) is 4.98 Å². The van der Waals surface area contributed by atoms with Crippen molar-refractivity contribution in [3.63, 3.8) is 0 Å². The first-order chi connectivity index (χ1) is 4.11. The van der Waals surface area contributed by atoms with Crippen molar-refractivity contribution in [2.75, 3.05) is 0 Å². The van der Waals surface area contributed by atoms with E-state index >= 15 is 0 Å². The Hall–Kier alpha value is 0.523. The molecule has 0 aliphatic carbocycles. The zero-order chi connectivity index (χ0) is 6.91. The van der Waals surface area contributed by atoms with Crippen LogP contribution < -0.4 is 17.0 Å². The average Bonchev–Trinajstić information content (AvgIpc) is 2.08. The Kier molecular flexibility index (Phi) is 6.68. The molecule has 0 bridgehead atoms. The van der Waals surface area contributed by atoms with Gasteiger partial charge in [-0.3, -0.25) is 11.3 Å². The third-order valence-electron chi connectivity index (χ3n) is 0.669. The summed E-state index contributed by atoms with van der Waals surface area (Å²) in [6.07, 6.45) is -3.50. The van der Waals surface area contributed by atoms with E-state index in [-0.39, 0.29) is 36.5 Å². The van der Waals surface area contributed by atoms with Crippen molar-refractivity contribution in [3.05, 3.63) is 16.6 Å². The van der Waals surface area contributed by atoms with Crippen LogP contribution in [0.4, 0.5) is 13.2 Å². The molecule has 0 spiro atoms. The van der Waals surface area contributed by atoms with Crippen LogP contribution in [0.2, 0.25) is 0 Å². The van der Waals surface area contributed by atoms with Gasteiger partial charge in [0.15, 0.2) is 0 Å². The number of rotatable bonds is 0. The molecule has 11 heavy (non-hydrogen) atoms. The SMILES string of the molecule is FC(F)(F)c1cn[c-]s1.[Br-].[Zn+2]. The summed E-state index contributed by atoms with van der Waals surface area (Å²) in [6.45, 7) is 0. The van der Waals surface area contributed by atoms with Crippen molar-refractivity contribution in [2.24, 2.45) is 0 Å². The smallest absolute Gasteiger partial charge is 1.00 e. The number of hydrogen-bond donors (Lipinski definition) is 0. The Bertz CT molecular complexity index is 188. The molecule has 1 aromatic rings. The van der Waals surface area contributed by atoms with Gasteiger partial charge in [0, 0.05) is 0 Å². The molecule has 0 fully saturated rings. The van der Waals surface area contributed by atoms with E-state index in [1.165, 1.54) is 0 Å². The molecule has 0 saturated heterocycles. The van der Waals surface area contributed by atoms with Gasteiger partial charge in [-0.2, -0.15) is 13.2 Å². The van der Waals surface area contributed by atoms with Gasteiger partial charge >= 0.3 is 25.7 Å². The maximum absolute atomic E-state index is 11.6. The molecule has 58 valence electrons. The normalized spacial score (nSPS) is 9.73. The fourth-order valence-electron chi connectivity index (χ4n) is 0.318. The Labute approximate surface area is 88.5 Å². The third kappa shape index (κ3) is 4.18. The maximum Gasteiger partial charge on any atom is 2.00 e. The second kappa shape index (κ2) is 5.22. The third-order valence-corrected chi connectivity index (χ3v) is 1.42. The predicted molar refractivity (Wildman–Crippen MR) is 26.0 cm³/mol. The number of thiazole rings is 1. The van der Waals surface area contributed by atoms with Crippen LogP contribution in [-0.2, 0) is 25.7 Å². The van der Waals surface area contributed by atoms with Crippen molar-refractivity contribution in [3.8, 4) is 0 Å². The zero-order valence-electron chi connectivity index (χ0n) is 5.15. The standard InChI is InChI=1S/C4HF3NS.BrH.Zn/c5-4(6,7)3-1-8-2-9-3;;/h1H;1H;/q-1;;+2/p-1. The first-order valence-electron chi connectivity index (χ1n) is 2.00.